The third-order valence-electron chi connectivity index (χ3n) is 4.45. The largest absolute Gasteiger partial charge is 0.382 e. The quantitative estimate of drug-likeness (QED) is 0.201. The van der Waals surface area contributed by atoms with Crippen molar-refractivity contribution in [2.24, 2.45) is 10.9 Å². The number of methoxy groups -OCH3 is 1. The Balaban J connectivity index is 0.00000364. The van der Waals surface area contributed by atoms with Crippen LogP contribution in [0.3, 0.4) is 0 Å². The van der Waals surface area contributed by atoms with Gasteiger partial charge in [0.15, 0.2) is 5.96 Å². The van der Waals surface area contributed by atoms with Crippen molar-refractivity contribution in [1.29, 1.82) is 0 Å². The average Bonchev–Trinajstić information content (AvgIpc) is 3.13. The van der Waals surface area contributed by atoms with Gasteiger partial charge in [-0.2, -0.15) is 0 Å². The van der Waals surface area contributed by atoms with E-state index in [2.05, 4.69) is 60.7 Å². The molecule has 1 atom stereocenters. The molecule has 0 spiro atoms. The summed E-state index contributed by atoms with van der Waals surface area (Å²) in [7, 11) is 3.50. The smallest absolute Gasteiger partial charge is 0.190 e. The van der Waals surface area contributed by atoms with Crippen LogP contribution < -0.4 is 15.5 Å². The van der Waals surface area contributed by atoms with E-state index in [-0.39, 0.29) is 24.0 Å². The van der Waals surface area contributed by atoms with Crippen LogP contribution in [0, 0.1) is 5.92 Å². The van der Waals surface area contributed by atoms with Gasteiger partial charge in [-0.3, -0.25) is 4.99 Å². The molecule has 1 aromatic carbocycles. The molecular formula is C19H32BrIN4O2. The Morgan fingerprint density at radius 2 is 2.00 bits per heavy atom. The Morgan fingerprint density at radius 3 is 2.70 bits per heavy atom. The number of hydrogen-bond donors (Lipinski definition) is 2. The predicted octanol–water partition coefficient (Wildman–Crippen LogP) is 3.11. The van der Waals surface area contributed by atoms with Gasteiger partial charge in [0, 0.05) is 57.1 Å². The molecular weight excluding hydrogens is 523 g/mol. The molecule has 1 aromatic rings. The van der Waals surface area contributed by atoms with Crippen molar-refractivity contribution in [3.63, 3.8) is 0 Å². The minimum atomic E-state index is 0. The number of guanidine groups is 1. The van der Waals surface area contributed by atoms with Crippen molar-refractivity contribution < 1.29 is 9.47 Å². The van der Waals surface area contributed by atoms with Crippen molar-refractivity contribution >= 4 is 51.6 Å². The molecule has 1 fully saturated rings. The standard InChI is InChI=1S/C19H31BrN4O2.HI/c1-21-19(22-9-3-11-26-13-12-25-2)23-14-16-8-10-24(15-16)18-6-4-17(20)5-7-18;/h4-7,16H,3,8-15H2,1-2H3,(H2,21,22,23);1H. The molecule has 1 unspecified atom stereocenters. The van der Waals surface area contributed by atoms with Crippen LogP contribution >= 0.6 is 39.9 Å². The summed E-state index contributed by atoms with van der Waals surface area (Å²) in [5.74, 6) is 1.50. The number of hydrogen-bond acceptors (Lipinski definition) is 4. The van der Waals surface area contributed by atoms with Gasteiger partial charge in [-0.15, -0.1) is 24.0 Å². The van der Waals surface area contributed by atoms with E-state index in [1.165, 1.54) is 12.1 Å². The van der Waals surface area contributed by atoms with E-state index in [1.54, 1.807) is 7.11 Å². The summed E-state index contributed by atoms with van der Waals surface area (Å²) < 4.78 is 11.5. The molecule has 0 radical (unpaired) electrons. The van der Waals surface area contributed by atoms with Crippen molar-refractivity contribution in [1.82, 2.24) is 10.6 Å². The first-order valence-electron chi connectivity index (χ1n) is 9.24. The van der Waals surface area contributed by atoms with Crippen LogP contribution in [0.25, 0.3) is 0 Å². The van der Waals surface area contributed by atoms with Crippen LogP contribution in [0.15, 0.2) is 33.7 Å². The van der Waals surface area contributed by atoms with Crippen molar-refractivity contribution in [2.45, 2.75) is 12.8 Å². The Labute approximate surface area is 188 Å². The number of rotatable bonds is 10. The third kappa shape index (κ3) is 9.45. The molecule has 27 heavy (non-hydrogen) atoms. The highest BCUT2D eigenvalue weighted by molar-refractivity contribution is 14.0. The zero-order chi connectivity index (χ0) is 18.6. The molecule has 1 saturated heterocycles. The number of halogens is 2. The first-order chi connectivity index (χ1) is 12.7. The molecule has 0 bridgehead atoms. The molecule has 1 aliphatic rings. The van der Waals surface area contributed by atoms with E-state index >= 15 is 0 Å². The van der Waals surface area contributed by atoms with Crippen LogP contribution in [-0.2, 0) is 9.47 Å². The highest BCUT2D eigenvalue weighted by atomic mass is 127. The van der Waals surface area contributed by atoms with Gasteiger partial charge in [0.05, 0.1) is 13.2 Å². The van der Waals surface area contributed by atoms with E-state index in [0.717, 1.165) is 49.6 Å². The van der Waals surface area contributed by atoms with Gasteiger partial charge < -0.3 is 25.0 Å². The SMILES string of the molecule is CN=C(NCCCOCCOC)NCC1CCN(c2ccc(Br)cc2)C1.I. The maximum Gasteiger partial charge on any atom is 0.190 e. The van der Waals surface area contributed by atoms with Crippen LogP contribution in [-0.4, -0.2) is 66.1 Å². The lowest BCUT2D eigenvalue weighted by Gasteiger charge is -2.19. The summed E-state index contributed by atoms with van der Waals surface area (Å²) in [6.45, 7) is 6.02. The van der Waals surface area contributed by atoms with E-state index in [1.807, 2.05) is 7.05 Å². The molecule has 0 amide bonds. The van der Waals surface area contributed by atoms with Crippen LogP contribution in [0.4, 0.5) is 5.69 Å². The normalized spacial score (nSPS) is 16.9. The van der Waals surface area contributed by atoms with Gasteiger partial charge in [-0.25, -0.2) is 0 Å². The van der Waals surface area contributed by atoms with E-state index in [0.29, 0.717) is 19.1 Å². The Kier molecular flexibility index (Phi) is 13.1. The number of ether oxygens (including phenoxy) is 2. The Hall–Kier alpha value is -0.580. The lowest BCUT2D eigenvalue weighted by atomic mass is 10.1. The van der Waals surface area contributed by atoms with E-state index in [4.69, 9.17) is 9.47 Å². The fourth-order valence-corrected chi connectivity index (χ4v) is 3.24. The van der Waals surface area contributed by atoms with E-state index in [9.17, 15) is 0 Å². The molecule has 8 heteroatoms. The second-order valence-corrected chi connectivity index (χ2v) is 7.33. The lowest BCUT2D eigenvalue weighted by molar-refractivity contribution is 0.0698. The molecule has 1 aliphatic heterocycles. The monoisotopic (exact) mass is 554 g/mol. The molecule has 1 heterocycles. The zero-order valence-corrected chi connectivity index (χ0v) is 20.2. The molecule has 0 saturated carbocycles. The number of anilines is 1. The van der Waals surface area contributed by atoms with Crippen molar-refractivity contribution in [2.75, 3.05) is 65.1 Å². The summed E-state index contributed by atoms with van der Waals surface area (Å²) in [5, 5.41) is 6.79. The zero-order valence-electron chi connectivity index (χ0n) is 16.2. The fraction of sp³-hybridized carbons (Fsp3) is 0.632. The average molecular weight is 555 g/mol. The first kappa shape index (κ1) is 24.5. The third-order valence-corrected chi connectivity index (χ3v) is 4.98. The maximum atomic E-state index is 5.46. The summed E-state index contributed by atoms with van der Waals surface area (Å²) in [4.78, 5) is 6.75. The summed E-state index contributed by atoms with van der Waals surface area (Å²) in [6, 6.07) is 8.56. The first-order valence-corrected chi connectivity index (χ1v) is 10.0. The second kappa shape index (κ2) is 14.4. The highest BCUT2D eigenvalue weighted by Gasteiger charge is 2.22. The molecule has 0 aromatic heterocycles. The second-order valence-electron chi connectivity index (χ2n) is 6.42. The molecule has 2 N–H and O–H groups in total. The minimum absolute atomic E-state index is 0. The van der Waals surface area contributed by atoms with Gasteiger partial charge in [0.1, 0.15) is 0 Å². The maximum absolute atomic E-state index is 5.46. The highest BCUT2D eigenvalue weighted by Crippen LogP contribution is 2.24. The Bertz CT molecular complexity index is 545. The van der Waals surface area contributed by atoms with Crippen LogP contribution in [0.2, 0.25) is 0 Å². The molecule has 0 aliphatic carbocycles. The minimum Gasteiger partial charge on any atom is -0.382 e. The summed E-state index contributed by atoms with van der Waals surface area (Å²) in [6.07, 6.45) is 2.15. The van der Waals surface area contributed by atoms with Gasteiger partial charge in [-0.05, 0) is 43.0 Å². The van der Waals surface area contributed by atoms with Crippen molar-refractivity contribution in [3.05, 3.63) is 28.7 Å². The van der Waals surface area contributed by atoms with Gasteiger partial charge >= 0.3 is 0 Å². The van der Waals surface area contributed by atoms with Crippen LogP contribution in [0.5, 0.6) is 0 Å². The summed E-state index contributed by atoms with van der Waals surface area (Å²) >= 11 is 3.49. The Morgan fingerprint density at radius 1 is 1.22 bits per heavy atom. The number of nitrogens with one attached hydrogen (secondary N) is 2. The number of benzene rings is 1. The predicted molar refractivity (Wildman–Crippen MR) is 127 cm³/mol. The molecule has 154 valence electrons. The van der Waals surface area contributed by atoms with Gasteiger partial charge in [0.2, 0.25) is 0 Å². The fourth-order valence-electron chi connectivity index (χ4n) is 2.97. The number of nitrogens with zero attached hydrogens (tertiary/aromatic N) is 2. The van der Waals surface area contributed by atoms with Gasteiger partial charge in [-0.1, -0.05) is 15.9 Å². The van der Waals surface area contributed by atoms with Crippen molar-refractivity contribution in [3.8, 4) is 0 Å². The van der Waals surface area contributed by atoms with E-state index < -0.39 is 0 Å². The molecule has 6 nitrogen and oxygen atoms in total. The van der Waals surface area contributed by atoms with Crippen LogP contribution in [0.1, 0.15) is 12.8 Å². The number of aliphatic imine (C=N–C) groups is 1. The summed E-state index contributed by atoms with van der Waals surface area (Å²) in [5.41, 5.74) is 1.30. The topological polar surface area (TPSA) is 58.1 Å². The van der Waals surface area contributed by atoms with Gasteiger partial charge in [0.25, 0.3) is 0 Å². The lowest BCUT2D eigenvalue weighted by Crippen LogP contribution is -2.40. The molecule has 2 rings (SSSR count).